The molecule has 0 atom stereocenters. The number of hydrazine groups is 1. The van der Waals surface area contributed by atoms with Crippen LogP contribution in [-0.2, 0) is 19.1 Å². The van der Waals surface area contributed by atoms with E-state index in [2.05, 4.69) is 16.2 Å². The Kier molecular flexibility index (Phi) is 8.16. The second-order valence-corrected chi connectivity index (χ2v) is 6.06. The van der Waals surface area contributed by atoms with Gasteiger partial charge in [-0.05, 0) is 42.0 Å². The molecule has 0 bridgehead atoms. The lowest BCUT2D eigenvalue weighted by Gasteiger charge is -2.11. The highest BCUT2D eigenvalue weighted by Crippen LogP contribution is 2.20. The van der Waals surface area contributed by atoms with Crippen LogP contribution in [0.25, 0.3) is 10.8 Å². The molecule has 0 aliphatic carbocycles. The van der Waals surface area contributed by atoms with Crippen molar-refractivity contribution in [3.8, 4) is 5.75 Å². The summed E-state index contributed by atoms with van der Waals surface area (Å²) in [5.41, 5.74) is 4.71. The number of hydrogen-bond acceptors (Lipinski definition) is 6. The van der Waals surface area contributed by atoms with Crippen molar-refractivity contribution in [2.45, 2.75) is 19.8 Å². The third-order valence-corrected chi connectivity index (χ3v) is 3.72. The smallest absolute Gasteiger partial charge is 0.306 e. The van der Waals surface area contributed by atoms with Crippen LogP contribution in [0.3, 0.4) is 0 Å². The van der Waals surface area contributed by atoms with Gasteiger partial charge in [-0.2, -0.15) is 0 Å². The first kappa shape index (κ1) is 21.1. The molecule has 0 spiro atoms. The molecule has 0 fully saturated rings. The zero-order valence-corrected chi connectivity index (χ0v) is 16.1. The Bertz CT molecular complexity index is 872. The van der Waals surface area contributed by atoms with Crippen LogP contribution >= 0.6 is 12.2 Å². The Labute approximate surface area is 167 Å². The number of carbonyl (C=O) groups is 3. The number of benzene rings is 2. The maximum atomic E-state index is 11.8. The summed E-state index contributed by atoms with van der Waals surface area (Å²) in [4.78, 5) is 34.7. The van der Waals surface area contributed by atoms with Crippen molar-refractivity contribution in [2.24, 2.45) is 0 Å². The molecule has 2 amide bonds. The van der Waals surface area contributed by atoms with Gasteiger partial charge in [0.05, 0.1) is 13.0 Å². The van der Waals surface area contributed by atoms with Gasteiger partial charge in [-0.3, -0.25) is 25.2 Å². The molecule has 28 heavy (non-hydrogen) atoms. The highest BCUT2D eigenvalue weighted by Gasteiger charge is 2.10. The summed E-state index contributed by atoms with van der Waals surface area (Å²) in [6.45, 7) is 1.71. The zero-order valence-electron chi connectivity index (χ0n) is 15.3. The van der Waals surface area contributed by atoms with Gasteiger partial charge in [-0.25, -0.2) is 0 Å². The quantitative estimate of drug-likeness (QED) is 0.366. The molecule has 0 heterocycles. The number of ether oxygens (including phenoxy) is 2. The predicted octanol–water partition coefficient (Wildman–Crippen LogP) is 1.58. The topological polar surface area (TPSA) is 106 Å². The van der Waals surface area contributed by atoms with Crippen LogP contribution in [0.1, 0.15) is 19.8 Å². The third-order valence-electron chi connectivity index (χ3n) is 3.52. The van der Waals surface area contributed by atoms with Crippen LogP contribution < -0.4 is 20.9 Å². The fourth-order valence-corrected chi connectivity index (χ4v) is 2.40. The van der Waals surface area contributed by atoms with Crippen LogP contribution in [0, 0.1) is 0 Å². The number of thiocarbonyl (C=S) groups is 1. The predicted molar refractivity (Wildman–Crippen MR) is 107 cm³/mol. The number of carbonyl (C=O) groups excluding carboxylic acids is 3. The summed E-state index contributed by atoms with van der Waals surface area (Å²) in [5, 5.41) is 4.33. The van der Waals surface area contributed by atoms with Crippen molar-refractivity contribution in [3.05, 3.63) is 42.5 Å². The molecular formula is C19H21N3O5S. The minimum absolute atomic E-state index is 0.0474. The lowest BCUT2D eigenvalue weighted by Crippen LogP contribution is -2.49. The fraction of sp³-hybridized carbons (Fsp3) is 0.263. The van der Waals surface area contributed by atoms with Crippen LogP contribution in [0.2, 0.25) is 0 Å². The normalized spacial score (nSPS) is 10.0. The molecule has 0 radical (unpaired) electrons. The van der Waals surface area contributed by atoms with Gasteiger partial charge in [-0.15, -0.1) is 0 Å². The minimum atomic E-state index is -0.476. The van der Waals surface area contributed by atoms with E-state index in [1.807, 2.05) is 36.4 Å². The van der Waals surface area contributed by atoms with E-state index in [4.69, 9.17) is 21.7 Å². The van der Waals surface area contributed by atoms with E-state index in [0.29, 0.717) is 5.75 Å². The Balaban J connectivity index is 1.67. The highest BCUT2D eigenvalue weighted by atomic mass is 32.1. The average molecular weight is 403 g/mol. The van der Waals surface area contributed by atoms with E-state index in [9.17, 15) is 14.4 Å². The van der Waals surface area contributed by atoms with Gasteiger partial charge < -0.3 is 14.8 Å². The molecule has 2 aromatic rings. The number of nitrogens with one attached hydrogen (secondary N) is 3. The second-order valence-electron chi connectivity index (χ2n) is 5.65. The summed E-state index contributed by atoms with van der Waals surface area (Å²) in [5.74, 6) is -0.845. The number of esters is 1. The van der Waals surface area contributed by atoms with E-state index in [0.717, 1.165) is 10.8 Å². The lowest BCUT2D eigenvalue weighted by atomic mass is 10.1. The number of rotatable bonds is 7. The monoisotopic (exact) mass is 403 g/mol. The van der Waals surface area contributed by atoms with E-state index in [1.165, 1.54) is 0 Å². The maximum absolute atomic E-state index is 11.8. The van der Waals surface area contributed by atoms with E-state index < -0.39 is 17.8 Å². The molecule has 2 aromatic carbocycles. The second kappa shape index (κ2) is 10.8. The van der Waals surface area contributed by atoms with Crippen molar-refractivity contribution in [1.29, 1.82) is 0 Å². The first-order chi connectivity index (χ1) is 13.5. The molecule has 148 valence electrons. The van der Waals surface area contributed by atoms with Gasteiger partial charge in [0.15, 0.2) is 11.7 Å². The van der Waals surface area contributed by atoms with Crippen LogP contribution in [0.5, 0.6) is 5.75 Å². The average Bonchev–Trinajstić information content (AvgIpc) is 2.69. The molecular weight excluding hydrogens is 382 g/mol. The largest absolute Gasteiger partial charge is 0.484 e. The Morgan fingerprint density at radius 1 is 0.964 bits per heavy atom. The maximum Gasteiger partial charge on any atom is 0.306 e. The van der Waals surface area contributed by atoms with Gasteiger partial charge in [0, 0.05) is 6.42 Å². The molecule has 0 unspecified atom stereocenters. The molecule has 0 saturated carbocycles. The van der Waals surface area contributed by atoms with Crippen LogP contribution in [-0.4, -0.2) is 36.1 Å². The molecule has 3 N–H and O–H groups in total. The number of fused-ring (bicyclic) bond motifs is 1. The zero-order chi connectivity index (χ0) is 20.4. The van der Waals surface area contributed by atoms with Crippen molar-refractivity contribution >= 4 is 45.9 Å². The number of hydrogen-bond donors (Lipinski definition) is 3. The molecule has 0 aromatic heterocycles. The molecule has 0 aliphatic heterocycles. The number of amides is 2. The fourth-order valence-electron chi connectivity index (χ4n) is 2.24. The first-order valence-corrected chi connectivity index (χ1v) is 9.04. The third kappa shape index (κ3) is 7.20. The standard InChI is InChI=1S/C19H21N3O5S/c1-2-26-18(25)10-9-16(23)20-19(28)22-21-17(24)12-27-15-8-7-13-5-3-4-6-14(13)11-15/h3-8,11H,2,9-10,12H2,1H3,(H,21,24)(H2,20,22,23,28). The SMILES string of the molecule is CCOC(=O)CCC(=O)NC(=S)NNC(=O)COc1ccc2ccccc2c1. The summed E-state index contributed by atoms with van der Waals surface area (Å²) in [6.07, 6.45) is -0.117. The summed E-state index contributed by atoms with van der Waals surface area (Å²) >= 11 is 4.90. The Morgan fingerprint density at radius 2 is 1.71 bits per heavy atom. The van der Waals surface area contributed by atoms with Crippen LogP contribution in [0.4, 0.5) is 0 Å². The van der Waals surface area contributed by atoms with E-state index >= 15 is 0 Å². The van der Waals surface area contributed by atoms with Gasteiger partial charge in [0.1, 0.15) is 5.75 Å². The minimum Gasteiger partial charge on any atom is -0.484 e. The first-order valence-electron chi connectivity index (χ1n) is 8.64. The lowest BCUT2D eigenvalue weighted by molar-refractivity contribution is -0.144. The summed E-state index contributed by atoms with van der Waals surface area (Å²) in [6, 6.07) is 13.3. The molecule has 9 heteroatoms. The van der Waals surface area contributed by atoms with Crippen molar-refractivity contribution < 1.29 is 23.9 Å². The molecule has 0 saturated heterocycles. The highest BCUT2D eigenvalue weighted by molar-refractivity contribution is 7.80. The van der Waals surface area contributed by atoms with Gasteiger partial charge >= 0.3 is 5.97 Å². The van der Waals surface area contributed by atoms with Gasteiger partial charge in [0.25, 0.3) is 5.91 Å². The van der Waals surface area contributed by atoms with Crippen LogP contribution in [0.15, 0.2) is 42.5 Å². The summed E-state index contributed by atoms with van der Waals surface area (Å²) < 4.78 is 10.2. The van der Waals surface area contributed by atoms with Gasteiger partial charge in [-0.1, -0.05) is 30.3 Å². The Morgan fingerprint density at radius 3 is 2.46 bits per heavy atom. The van der Waals surface area contributed by atoms with Crippen molar-refractivity contribution in [1.82, 2.24) is 16.2 Å². The molecule has 2 rings (SSSR count). The summed E-state index contributed by atoms with van der Waals surface area (Å²) in [7, 11) is 0. The van der Waals surface area contributed by atoms with Crippen molar-refractivity contribution in [2.75, 3.05) is 13.2 Å². The Hall–Kier alpha value is -3.20. The van der Waals surface area contributed by atoms with Crippen molar-refractivity contribution in [3.63, 3.8) is 0 Å². The van der Waals surface area contributed by atoms with E-state index in [-0.39, 0.29) is 31.2 Å². The molecule has 8 nitrogen and oxygen atoms in total. The molecule has 0 aliphatic rings. The van der Waals surface area contributed by atoms with E-state index in [1.54, 1.807) is 13.0 Å². The van der Waals surface area contributed by atoms with Gasteiger partial charge in [0.2, 0.25) is 5.91 Å².